The lowest BCUT2D eigenvalue weighted by molar-refractivity contribution is -0.135. The number of ether oxygens (including phenoxy) is 2. The summed E-state index contributed by atoms with van der Waals surface area (Å²) in [6, 6.07) is 25.9. The second-order valence-corrected chi connectivity index (χ2v) is 15.8. The minimum Gasteiger partial charge on any atom is -0.508 e. The summed E-state index contributed by atoms with van der Waals surface area (Å²) in [6.45, 7) is 2.32. The molecule has 0 amide bonds. The summed E-state index contributed by atoms with van der Waals surface area (Å²) < 4.78 is 12.6. The number of benzene rings is 3. The molecule has 2 fully saturated rings. The Hall–Kier alpha value is -4.72. The van der Waals surface area contributed by atoms with Gasteiger partial charge in [-0.1, -0.05) is 80.1 Å². The molecule has 1 spiro atoms. The number of hydrogen-bond donors (Lipinski definition) is 3. The number of phenols is 1. The Labute approximate surface area is 317 Å². The topological polar surface area (TPSA) is 113 Å². The van der Waals surface area contributed by atoms with Gasteiger partial charge in [-0.25, -0.2) is 9.59 Å². The van der Waals surface area contributed by atoms with E-state index in [-0.39, 0.29) is 60.5 Å². The third-order valence-corrected chi connectivity index (χ3v) is 12.9. The number of aliphatic hydroxyl groups excluding tert-OH is 2. The molecule has 0 aromatic heterocycles. The van der Waals surface area contributed by atoms with Crippen molar-refractivity contribution in [3.63, 3.8) is 0 Å². The van der Waals surface area contributed by atoms with Crippen molar-refractivity contribution in [3.05, 3.63) is 130 Å². The standard InChI is InChI=1S/C47H50O7/c1-2-29(25-30-11-5-3-6-12-30)26-40-47-23-22-35(41(44(47)46(52)54-40)38-27-33(50)17-18-34(38)32-14-7-4-8-15-32)36-19-20-37-39(53-45(51)42(37)43(36)47)21-16-31(28-49)13-9-10-24-48/h3-8,11-12,14-15,17-18,21,26-27,29,31,35-36,43,48-50H,2,9-10,13,16,19-20,22-25,28H2,1H3/b39-21?,40-26-/t29-,31+,35+,36-,43+,47+/m0/s1. The Morgan fingerprint density at radius 3 is 2.41 bits per heavy atom. The summed E-state index contributed by atoms with van der Waals surface area (Å²) in [5, 5.41) is 30.3. The number of cyclic esters (lactones) is 2. The molecule has 2 aliphatic heterocycles. The number of carbonyl (C=O) groups excluding carboxylic acids is 2. The summed E-state index contributed by atoms with van der Waals surface area (Å²) in [7, 11) is 0. The highest BCUT2D eigenvalue weighted by molar-refractivity contribution is 6.07. The first-order valence-electron chi connectivity index (χ1n) is 19.9. The van der Waals surface area contributed by atoms with Gasteiger partial charge in [0.1, 0.15) is 17.3 Å². The number of aliphatic hydroxyl groups is 2. The second kappa shape index (κ2) is 15.2. The summed E-state index contributed by atoms with van der Waals surface area (Å²) in [6.07, 6.45) is 11.7. The van der Waals surface area contributed by atoms with E-state index in [0.29, 0.717) is 48.3 Å². The fourth-order valence-corrected chi connectivity index (χ4v) is 10.4. The van der Waals surface area contributed by atoms with Gasteiger partial charge in [0.2, 0.25) is 0 Å². The second-order valence-electron chi connectivity index (χ2n) is 15.8. The lowest BCUT2D eigenvalue weighted by Crippen LogP contribution is -2.52. The van der Waals surface area contributed by atoms with E-state index >= 15 is 0 Å². The molecule has 280 valence electrons. The van der Waals surface area contributed by atoms with Crippen LogP contribution in [0.1, 0.15) is 75.8 Å². The fraction of sp³-hybridized carbons (Fsp3) is 0.404. The lowest BCUT2D eigenvalue weighted by atomic mass is 9.44. The molecule has 3 N–H and O–H groups in total. The lowest BCUT2D eigenvalue weighted by Gasteiger charge is -2.56. The Bertz CT molecular complexity index is 2040. The molecule has 9 rings (SSSR count). The number of fused-ring (bicyclic) bond motifs is 1. The van der Waals surface area contributed by atoms with Gasteiger partial charge in [-0.05, 0) is 134 Å². The first-order chi connectivity index (χ1) is 26.4. The van der Waals surface area contributed by atoms with Crippen molar-refractivity contribution in [1.82, 2.24) is 0 Å². The van der Waals surface area contributed by atoms with Crippen molar-refractivity contribution < 1.29 is 34.4 Å². The predicted molar refractivity (Wildman–Crippen MR) is 207 cm³/mol. The number of aromatic hydroxyl groups is 1. The van der Waals surface area contributed by atoms with Crippen LogP contribution < -0.4 is 0 Å². The van der Waals surface area contributed by atoms with Crippen LogP contribution in [0.5, 0.6) is 5.75 Å². The van der Waals surface area contributed by atoms with Crippen molar-refractivity contribution in [3.8, 4) is 16.9 Å². The molecule has 54 heavy (non-hydrogen) atoms. The maximum Gasteiger partial charge on any atom is 0.340 e. The van der Waals surface area contributed by atoms with Crippen molar-refractivity contribution in [2.24, 2.45) is 35.0 Å². The number of rotatable bonds is 13. The van der Waals surface area contributed by atoms with Gasteiger partial charge in [-0.15, -0.1) is 0 Å². The molecule has 6 atom stereocenters. The van der Waals surface area contributed by atoms with Gasteiger partial charge in [0.15, 0.2) is 0 Å². The van der Waals surface area contributed by atoms with Crippen LogP contribution in [0.25, 0.3) is 16.7 Å². The molecule has 7 heteroatoms. The van der Waals surface area contributed by atoms with Gasteiger partial charge < -0.3 is 24.8 Å². The number of unbranched alkanes of at least 4 members (excludes halogenated alkanes) is 1. The molecular weight excluding hydrogens is 677 g/mol. The quantitative estimate of drug-likeness (QED) is 0.119. The zero-order chi connectivity index (χ0) is 37.4. The summed E-state index contributed by atoms with van der Waals surface area (Å²) in [5.74, 6) is 0.545. The van der Waals surface area contributed by atoms with Gasteiger partial charge in [0.25, 0.3) is 0 Å². The van der Waals surface area contributed by atoms with Crippen LogP contribution in [0.2, 0.25) is 0 Å². The van der Waals surface area contributed by atoms with Crippen molar-refractivity contribution in [1.29, 1.82) is 0 Å². The molecular formula is C47H50O7. The SMILES string of the molecule is CC[C@H](/C=C1\OC(=O)C2=C(c3cc(O)ccc3-c3ccccc3)[C@@H]3CC[C@@]21[C@H]1C2=C(CC[C@@H]31)C(=CC[C@H](CO)CCCCO)OC2=O)Cc1ccccc1. The molecule has 1 saturated heterocycles. The smallest absolute Gasteiger partial charge is 0.340 e. The molecule has 6 aliphatic rings. The molecule has 3 aromatic carbocycles. The highest BCUT2D eigenvalue weighted by atomic mass is 16.5. The van der Waals surface area contributed by atoms with Crippen molar-refractivity contribution >= 4 is 17.5 Å². The van der Waals surface area contributed by atoms with Crippen LogP contribution in [0, 0.1) is 35.0 Å². The highest BCUT2D eigenvalue weighted by Gasteiger charge is 2.68. The largest absolute Gasteiger partial charge is 0.508 e. The monoisotopic (exact) mass is 726 g/mol. The fourth-order valence-electron chi connectivity index (χ4n) is 10.4. The van der Waals surface area contributed by atoms with Crippen molar-refractivity contribution in [2.75, 3.05) is 13.2 Å². The Morgan fingerprint density at radius 2 is 1.67 bits per heavy atom. The molecule has 1 saturated carbocycles. The average molecular weight is 727 g/mol. The van der Waals surface area contributed by atoms with Crippen LogP contribution in [0.4, 0.5) is 0 Å². The minimum atomic E-state index is -0.858. The van der Waals surface area contributed by atoms with Crippen LogP contribution in [0.3, 0.4) is 0 Å². The Balaban J connectivity index is 1.29. The minimum absolute atomic E-state index is 0.0113. The number of allylic oxidation sites excluding steroid dienone is 5. The third-order valence-electron chi connectivity index (χ3n) is 12.9. The third kappa shape index (κ3) is 6.25. The summed E-state index contributed by atoms with van der Waals surface area (Å²) in [5.41, 5.74) is 6.35. The first-order valence-corrected chi connectivity index (χ1v) is 19.9. The van der Waals surface area contributed by atoms with E-state index in [4.69, 9.17) is 9.47 Å². The zero-order valence-corrected chi connectivity index (χ0v) is 31.0. The number of hydrogen-bond acceptors (Lipinski definition) is 7. The van der Waals surface area contributed by atoms with Crippen LogP contribution in [-0.2, 0) is 25.5 Å². The van der Waals surface area contributed by atoms with E-state index in [1.807, 2.05) is 54.6 Å². The molecule has 0 unspecified atom stereocenters. The van der Waals surface area contributed by atoms with E-state index in [2.05, 4.69) is 37.3 Å². The van der Waals surface area contributed by atoms with E-state index in [1.54, 1.807) is 6.07 Å². The summed E-state index contributed by atoms with van der Waals surface area (Å²) in [4.78, 5) is 28.8. The van der Waals surface area contributed by atoms with Gasteiger partial charge in [0, 0.05) is 30.3 Å². The number of phenolic OH excluding ortho intramolecular Hbond substituents is 1. The number of carbonyl (C=O) groups is 2. The van der Waals surface area contributed by atoms with E-state index in [0.717, 1.165) is 66.4 Å². The van der Waals surface area contributed by atoms with E-state index in [9.17, 15) is 24.9 Å². The molecule has 0 radical (unpaired) electrons. The van der Waals surface area contributed by atoms with E-state index < -0.39 is 5.41 Å². The maximum atomic E-state index is 14.6. The maximum absolute atomic E-state index is 14.6. The average Bonchev–Trinajstić information content (AvgIpc) is 3.68. The predicted octanol–water partition coefficient (Wildman–Crippen LogP) is 8.86. The van der Waals surface area contributed by atoms with Gasteiger partial charge in [0.05, 0.1) is 11.0 Å². The van der Waals surface area contributed by atoms with Gasteiger partial charge >= 0.3 is 11.9 Å². The Kier molecular flexibility index (Phi) is 10.2. The normalized spacial score (nSPS) is 26.8. The molecule has 2 bridgehead atoms. The van der Waals surface area contributed by atoms with E-state index in [1.165, 1.54) is 5.56 Å². The molecule has 7 nitrogen and oxygen atoms in total. The van der Waals surface area contributed by atoms with Gasteiger partial charge in [-0.3, -0.25) is 0 Å². The first kappa shape index (κ1) is 36.3. The van der Waals surface area contributed by atoms with Crippen molar-refractivity contribution in [2.45, 2.75) is 71.1 Å². The van der Waals surface area contributed by atoms with Crippen LogP contribution in [0.15, 0.2) is 119 Å². The van der Waals surface area contributed by atoms with Gasteiger partial charge in [-0.2, -0.15) is 0 Å². The highest BCUT2D eigenvalue weighted by Crippen LogP contribution is 2.72. The van der Waals surface area contributed by atoms with Crippen LogP contribution >= 0.6 is 0 Å². The Morgan fingerprint density at radius 1 is 0.889 bits per heavy atom. The van der Waals surface area contributed by atoms with Crippen LogP contribution in [-0.4, -0.2) is 40.5 Å². The summed E-state index contributed by atoms with van der Waals surface area (Å²) >= 11 is 0. The number of esters is 2. The molecule has 4 aliphatic carbocycles. The zero-order valence-electron chi connectivity index (χ0n) is 31.0. The molecule has 3 aromatic rings. The molecule has 2 heterocycles.